The fourth-order valence-electron chi connectivity index (χ4n) is 1.95. The molecular weight excluding hydrogens is 231 g/mol. The van der Waals surface area contributed by atoms with Crippen molar-refractivity contribution in [1.82, 2.24) is 9.55 Å². The minimum absolute atomic E-state index is 0.293. The summed E-state index contributed by atoms with van der Waals surface area (Å²) in [5, 5.41) is 10.4. The first-order chi connectivity index (χ1) is 8.49. The number of nitrogens with zero attached hydrogens (tertiary/aromatic N) is 2. The van der Waals surface area contributed by atoms with Crippen LogP contribution in [0.2, 0.25) is 0 Å². The molecule has 0 radical (unpaired) electrons. The second-order valence-corrected chi connectivity index (χ2v) is 4.74. The second kappa shape index (κ2) is 4.90. The van der Waals surface area contributed by atoms with Gasteiger partial charge in [0.2, 0.25) is 0 Å². The van der Waals surface area contributed by atoms with Crippen LogP contribution in [0.4, 0.5) is 4.39 Å². The van der Waals surface area contributed by atoms with Crippen LogP contribution < -0.4 is 0 Å². The van der Waals surface area contributed by atoms with E-state index in [-0.39, 0.29) is 5.82 Å². The number of rotatable bonds is 4. The average Bonchev–Trinajstić information content (AvgIpc) is 2.73. The lowest BCUT2D eigenvalue weighted by molar-refractivity contribution is 0.0473. The summed E-state index contributed by atoms with van der Waals surface area (Å²) in [6, 6.07) is 5.97. The minimum Gasteiger partial charge on any atom is -0.385 e. The molecule has 2 aromatic rings. The fourth-order valence-corrected chi connectivity index (χ4v) is 1.95. The molecule has 96 valence electrons. The third-order valence-electron chi connectivity index (χ3n) is 3.22. The Labute approximate surface area is 106 Å². The molecule has 0 aliphatic rings. The highest BCUT2D eigenvalue weighted by atomic mass is 19.1. The number of aryl methyl sites for hydroxylation is 2. The predicted molar refractivity (Wildman–Crippen MR) is 67.5 cm³/mol. The van der Waals surface area contributed by atoms with Crippen LogP contribution in [0.5, 0.6) is 0 Å². The maximum Gasteiger partial charge on any atom is 0.123 e. The maximum atomic E-state index is 12.8. The van der Waals surface area contributed by atoms with Crippen LogP contribution in [-0.4, -0.2) is 14.7 Å². The summed E-state index contributed by atoms with van der Waals surface area (Å²) in [4.78, 5) is 4.22. The van der Waals surface area contributed by atoms with Crippen LogP contribution >= 0.6 is 0 Å². The lowest BCUT2D eigenvalue weighted by atomic mass is 9.91. The Balaban J connectivity index is 2.07. The SMILES string of the molecule is Cn1ccnc1CCC(C)(O)c1ccc(F)cc1. The van der Waals surface area contributed by atoms with Crippen LogP contribution in [0.25, 0.3) is 0 Å². The molecule has 0 saturated heterocycles. The molecule has 0 fully saturated rings. The van der Waals surface area contributed by atoms with E-state index in [1.165, 1.54) is 12.1 Å². The first-order valence-corrected chi connectivity index (χ1v) is 5.94. The molecule has 1 N–H and O–H groups in total. The van der Waals surface area contributed by atoms with Crippen molar-refractivity contribution in [1.29, 1.82) is 0 Å². The Kier molecular flexibility index (Phi) is 3.48. The second-order valence-electron chi connectivity index (χ2n) is 4.74. The third kappa shape index (κ3) is 2.76. The van der Waals surface area contributed by atoms with Gasteiger partial charge >= 0.3 is 0 Å². The van der Waals surface area contributed by atoms with Crippen molar-refractivity contribution in [2.24, 2.45) is 7.05 Å². The smallest absolute Gasteiger partial charge is 0.123 e. The molecule has 0 aliphatic heterocycles. The van der Waals surface area contributed by atoms with E-state index in [1.54, 1.807) is 25.3 Å². The lowest BCUT2D eigenvalue weighted by Gasteiger charge is -2.23. The number of aliphatic hydroxyl groups is 1. The molecule has 2 rings (SSSR count). The fraction of sp³-hybridized carbons (Fsp3) is 0.357. The molecule has 4 heteroatoms. The Hall–Kier alpha value is -1.68. The topological polar surface area (TPSA) is 38.0 Å². The molecule has 0 bridgehead atoms. The van der Waals surface area contributed by atoms with Gasteiger partial charge in [-0.15, -0.1) is 0 Å². The number of halogens is 1. The van der Waals surface area contributed by atoms with Gasteiger partial charge < -0.3 is 9.67 Å². The van der Waals surface area contributed by atoms with E-state index in [2.05, 4.69) is 4.98 Å². The lowest BCUT2D eigenvalue weighted by Crippen LogP contribution is -2.22. The number of aromatic nitrogens is 2. The molecule has 3 nitrogen and oxygen atoms in total. The number of hydrogen-bond donors (Lipinski definition) is 1. The summed E-state index contributed by atoms with van der Waals surface area (Å²) in [6.45, 7) is 1.74. The van der Waals surface area contributed by atoms with Gasteiger partial charge in [-0.05, 0) is 31.0 Å². The summed E-state index contributed by atoms with van der Waals surface area (Å²) in [6.07, 6.45) is 4.83. The minimum atomic E-state index is -0.973. The van der Waals surface area contributed by atoms with Crippen LogP contribution in [-0.2, 0) is 19.1 Å². The number of benzene rings is 1. The van der Waals surface area contributed by atoms with Crippen molar-refractivity contribution >= 4 is 0 Å². The summed E-state index contributed by atoms with van der Waals surface area (Å²) < 4.78 is 14.8. The first kappa shape index (κ1) is 12.8. The maximum absolute atomic E-state index is 12.8. The molecule has 18 heavy (non-hydrogen) atoms. The Morgan fingerprint density at radius 2 is 2.00 bits per heavy atom. The van der Waals surface area contributed by atoms with Crippen LogP contribution in [0, 0.1) is 5.82 Å². The highest BCUT2D eigenvalue weighted by Crippen LogP contribution is 2.26. The average molecular weight is 248 g/mol. The monoisotopic (exact) mass is 248 g/mol. The van der Waals surface area contributed by atoms with Crippen LogP contribution in [0.15, 0.2) is 36.7 Å². The molecule has 1 aromatic heterocycles. The number of hydrogen-bond acceptors (Lipinski definition) is 2. The van der Waals surface area contributed by atoms with E-state index in [1.807, 2.05) is 17.8 Å². The van der Waals surface area contributed by atoms with Gasteiger partial charge in [0.1, 0.15) is 11.6 Å². The quantitative estimate of drug-likeness (QED) is 0.902. The van der Waals surface area contributed by atoms with Gasteiger partial charge in [-0.3, -0.25) is 0 Å². The molecule has 0 spiro atoms. The zero-order valence-electron chi connectivity index (χ0n) is 10.6. The largest absolute Gasteiger partial charge is 0.385 e. The highest BCUT2D eigenvalue weighted by molar-refractivity contribution is 5.22. The Morgan fingerprint density at radius 3 is 2.56 bits per heavy atom. The summed E-state index contributed by atoms with van der Waals surface area (Å²) in [5.74, 6) is 0.635. The standard InChI is InChI=1S/C14H17FN2O/c1-14(18,11-3-5-12(15)6-4-11)8-7-13-16-9-10-17(13)2/h3-6,9-10,18H,7-8H2,1-2H3. The van der Waals surface area contributed by atoms with Gasteiger partial charge in [-0.25, -0.2) is 9.37 Å². The van der Waals surface area contributed by atoms with Crippen molar-refractivity contribution in [3.63, 3.8) is 0 Å². The van der Waals surface area contributed by atoms with Gasteiger partial charge in [0, 0.05) is 25.9 Å². The summed E-state index contributed by atoms with van der Waals surface area (Å²) >= 11 is 0. The van der Waals surface area contributed by atoms with E-state index in [9.17, 15) is 9.50 Å². The molecule has 1 aromatic carbocycles. The Bertz CT molecular complexity index is 517. The van der Waals surface area contributed by atoms with Crippen molar-refractivity contribution in [3.8, 4) is 0 Å². The highest BCUT2D eigenvalue weighted by Gasteiger charge is 2.23. The van der Waals surface area contributed by atoms with E-state index < -0.39 is 5.60 Å². The third-order valence-corrected chi connectivity index (χ3v) is 3.22. The molecule has 0 saturated carbocycles. The van der Waals surface area contributed by atoms with Crippen molar-refractivity contribution < 1.29 is 9.50 Å². The van der Waals surface area contributed by atoms with Crippen LogP contribution in [0.1, 0.15) is 24.7 Å². The zero-order chi connectivity index (χ0) is 13.2. The van der Waals surface area contributed by atoms with E-state index in [4.69, 9.17) is 0 Å². The zero-order valence-corrected chi connectivity index (χ0v) is 10.6. The first-order valence-electron chi connectivity index (χ1n) is 5.94. The predicted octanol–water partition coefficient (Wildman–Crippen LogP) is 2.40. The van der Waals surface area contributed by atoms with Crippen molar-refractivity contribution in [2.45, 2.75) is 25.4 Å². The van der Waals surface area contributed by atoms with Gasteiger partial charge in [0.15, 0.2) is 0 Å². The summed E-state index contributed by atoms with van der Waals surface area (Å²) in [7, 11) is 1.93. The molecule has 0 amide bonds. The molecule has 1 heterocycles. The number of imidazole rings is 1. The summed E-state index contributed by atoms with van der Waals surface area (Å²) in [5.41, 5.74) is -0.252. The molecular formula is C14H17FN2O. The van der Waals surface area contributed by atoms with Gasteiger partial charge in [0.25, 0.3) is 0 Å². The van der Waals surface area contributed by atoms with Crippen LogP contribution in [0.3, 0.4) is 0 Å². The van der Waals surface area contributed by atoms with Crippen molar-refractivity contribution in [3.05, 3.63) is 53.9 Å². The van der Waals surface area contributed by atoms with E-state index in [0.717, 1.165) is 11.4 Å². The van der Waals surface area contributed by atoms with Gasteiger partial charge in [-0.2, -0.15) is 0 Å². The van der Waals surface area contributed by atoms with E-state index in [0.29, 0.717) is 12.8 Å². The van der Waals surface area contributed by atoms with Gasteiger partial charge in [-0.1, -0.05) is 12.1 Å². The van der Waals surface area contributed by atoms with E-state index >= 15 is 0 Å². The Morgan fingerprint density at radius 1 is 1.33 bits per heavy atom. The molecule has 0 aliphatic carbocycles. The van der Waals surface area contributed by atoms with Crippen molar-refractivity contribution in [2.75, 3.05) is 0 Å². The molecule has 1 atom stereocenters. The molecule has 1 unspecified atom stereocenters. The normalized spacial score (nSPS) is 14.4. The van der Waals surface area contributed by atoms with Gasteiger partial charge in [0.05, 0.1) is 5.60 Å².